The number of carbonyl (C=O) groups is 7. The molecule has 17 nitrogen and oxygen atoms in total. The van der Waals surface area contributed by atoms with Gasteiger partial charge in [-0.05, 0) is 19.9 Å². The van der Waals surface area contributed by atoms with E-state index in [2.05, 4.69) is 10.4 Å². The number of nitrogens with zero attached hydrogens (tertiary/aromatic N) is 2. The summed E-state index contributed by atoms with van der Waals surface area (Å²) in [6.07, 6.45) is 8.15. The van der Waals surface area contributed by atoms with Crippen molar-refractivity contribution in [3.05, 3.63) is 70.0 Å². The van der Waals surface area contributed by atoms with Gasteiger partial charge in [0.1, 0.15) is 29.8 Å². The molecule has 17 heteroatoms. The van der Waals surface area contributed by atoms with Crippen LogP contribution in [0.25, 0.3) is 0 Å². The van der Waals surface area contributed by atoms with Crippen LogP contribution in [-0.4, -0.2) is 113 Å². The lowest BCUT2D eigenvalue weighted by Gasteiger charge is -2.39. The first-order valence-electron chi connectivity index (χ1n) is 19.9. The van der Waals surface area contributed by atoms with Crippen molar-refractivity contribution in [2.24, 2.45) is 28.8 Å². The van der Waals surface area contributed by atoms with Crippen LogP contribution in [0.3, 0.4) is 0 Å². The molecule has 1 amide bonds. The van der Waals surface area contributed by atoms with E-state index in [0.717, 1.165) is 13.0 Å². The van der Waals surface area contributed by atoms with Gasteiger partial charge in [-0.3, -0.25) is 38.6 Å². The van der Waals surface area contributed by atoms with E-state index in [0.29, 0.717) is 26.3 Å². The second-order valence-corrected chi connectivity index (χ2v) is 15.7. The Bertz CT molecular complexity index is 2090. The number of aliphatic hydroxyl groups is 1. The number of Topliss-reactive ketones (excluding diaryl/α,β-unsaturated/α-hetero) is 2. The number of hydrogen-bond donors (Lipinski definition) is 3. The van der Waals surface area contributed by atoms with Gasteiger partial charge in [-0.2, -0.15) is 5.10 Å². The highest BCUT2D eigenvalue weighted by molar-refractivity contribution is 6.30. The second-order valence-electron chi connectivity index (χ2n) is 15.7. The fraction of sp³-hybridized carbons (Fsp3) is 0.500. The SMILES string of the molecule is CC(=O)O[C@@H]([C@@H](C)[C@H](OC(C)=O)[C@H](C)/C=C/C=N/N1CCOCC1)[C@H](C)[C@@H](OC(C)=O)[C@@H](C)/C=C/C=C(/C)C(=O)NC1=CC(=O)c2c(c(O)c(C)c3c2C(=O)[C@@](C)(O)O3)C1=O. The summed E-state index contributed by atoms with van der Waals surface area (Å²) in [4.78, 5) is 90.3. The number of esters is 3. The summed E-state index contributed by atoms with van der Waals surface area (Å²) >= 11 is 0. The first-order chi connectivity index (χ1) is 28.6. The number of phenols is 1. The minimum atomic E-state index is -2.31. The number of benzene rings is 1. The molecule has 8 atom stereocenters. The van der Waals surface area contributed by atoms with Crippen LogP contribution < -0.4 is 10.1 Å². The number of fused-ring (bicyclic) bond motifs is 3. The Morgan fingerprint density at radius 1 is 0.836 bits per heavy atom. The third kappa shape index (κ3) is 11.3. The summed E-state index contributed by atoms with van der Waals surface area (Å²) < 4.78 is 28.1. The molecule has 0 spiro atoms. The van der Waals surface area contributed by atoms with Gasteiger partial charge in [-0.25, -0.2) is 0 Å². The number of ether oxygens (including phenoxy) is 5. The van der Waals surface area contributed by atoms with E-state index < -0.39 is 106 Å². The summed E-state index contributed by atoms with van der Waals surface area (Å²) in [5.41, 5.74) is -1.68. The molecule has 1 fully saturated rings. The molecule has 0 radical (unpaired) electrons. The fourth-order valence-electron chi connectivity index (χ4n) is 7.57. The molecule has 0 bridgehead atoms. The van der Waals surface area contributed by atoms with Gasteiger partial charge in [-0.15, -0.1) is 0 Å². The molecule has 61 heavy (non-hydrogen) atoms. The number of hydrazone groups is 1. The van der Waals surface area contributed by atoms with Gasteiger partial charge in [0.25, 0.3) is 11.7 Å². The summed E-state index contributed by atoms with van der Waals surface area (Å²) in [5.74, 6) is -10.6. The normalized spacial score (nSPS) is 21.5. The monoisotopic (exact) mass is 849 g/mol. The summed E-state index contributed by atoms with van der Waals surface area (Å²) in [5, 5.41) is 30.0. The zero-order chi connectivity index (χ0) is 45.5. The van der Waals surface area contributed by atoms with E-state index in [1.807, 2.05) is 18.0 Å². The summed E-state index contributed by atoms with van der Waals surface area (Å²) in [6, 6.07) is 0. The zero-order valence-corrected chi connectivity index (χ0v) is 36.1. The minimum absolute atomic E-state index is 0.0454. The molecule has 1 aromatic rings. The molecule has 330 valence electrons. The van der Waals surface area contributed by atoms with E-state index >= 15 is 0 Å². The Labute approximate surface area is 354 Å². The van der Waals surface area contributed by atoms with E-state index in [1.54, 1.807) is 39.1 Å². The van der Waals surface area contributed by atoms with Gasteiger partial charge < -0.3 is 39.2 Å². The van der Waals surface area contributed by atoms with Gasteiger partial charge in [-0.1, -0.05) is 52.0 Å². The molecular weight excluding hydrogens is 794 g/mol. The third-order valence-corrected chi connectivity index (χ3v) is 10.7. The highest BCUT2D eigenvalue weighted by Gasteiger charge is 2.49. The molecule has 0 aromatic heterocycles. The van der Waals surface area contributed by atoms with Crippen molar-refractivity contribution in [1.82, 2.24) is 10.3 Å². The third-order valence-electron chi connectivity index (χ3n) is 10.7. The van der Waals surface area contributed by atoms with Gasteiger partial charge in [0.2, 0.25) is 11.6 Å². The van der Waals surface area contributed by atoms with Gasteiger partial charge >= 0.3 is 17.9 Å². The zero-order valence-electron chi connectivity index (χ0n) is 36.1. The van der Waals surface area contributed by atoms with Gasteiger partial charge in [0.15, 0.2) is 5.78 Å². The number of nitrogens with one attached hydrogen (secondary N) is 1. The largest absolute Gasteiger partial charge is 0.507 e. The molecule has 1 aliphatic carbocycles. The predicted octanol–water partition coefficient (Wildman–Crippen LogP) is 4.08. The average Bonchev–Trinajstić information content (AvgIpc) is 3.43. The Kier molecular flexibility index (Phi) is 15.7. The molecule has 2 aliphatic heterocycles. The molecule has 0 saturated carbocycles. The van der Waals surface area contributed by atoms with Gasteiger partial charge in [0.05, 0.1) is 48.7 Å². The van der Waals surface area contributed by atoms with Crippen molar-refractivity contribution in [3.63, 3.8) is 0 Å². The number of carbonyl (C=O) groups excluding carboxylic acids is 7. The Morgan fingerprint density at radius 2 is 1.36 bits per heavy atom. The summed E-state index contributed by atoms with van der Waals surface area (Å²) in [6.45, 7) is 17.3. The number of ketones is 3. The predicted molar refractivity (Wildman–Crippen MR) is 220 cm³/mol. The molecule has 3 aliphatic rings. The maximum absolute atomic E-state index is 13.6. The standard InChI is InChI=1S/C44H55N3O14/c1-22(13-11-14-24(3)43(55)46-31-21-32(51)33-34(37(31)53)36(52)25(4)41-35(33)42(54)44(10,56)61-41)38(58-28(7)48)26(5)40(60-30(9)50)27(6)39(59-29(8)49)23(2)15-12-16-45-47-17-19-57-20-18-47/h11-16,21-23,26-27,38-40,52,56H,17-20H2,1-10H3,(H,46,55)/b13-11+,15-12+,24-14-,45-16+/t22-,23+,26+,27-,38-,39+,40+,44-/m0/s1. The Balaban J connectivity index is 1.52. The van der Waals surface area contributed by atoms with E-state index in [1.165, 1.54) is 46.8 Å². The van der Waals surface area contributed by atoms with Crippen molar-refractivity contribution in [1.29, 1.82) is 0 Å². The molecule has 0 unspecified atom stereocenters. The smallest absolute Gasteiger partial charge is 0.302 e. The van der Waals surface area contributed by atoms with Gasteiger partial charge in [0, 0.05) is 74.8 Å². The number of hydrogen-bond acceptors (Lipinski definition) is 16. The fourth-order valence-corrected chi connectivity index (χ4v) is 7.57. The van der Waals surface area contributed by atoms with Crippen molar-refractivity contribution in [3.8, 4) is 11.5 Å². The Morgan fingerprint density at radius 3 is 1.90 bits per heavy atom. The highest BCUT2D eigenvalue weighted by atomic mass is 16.6. The van der Waals surface area contributed by atoms with Crippen LogP contribution in [-0.2, 0) is 38.1 Å². The van der Waals surface area contributed by atoms with E-state index in [9.17, 15) is 43.8 Å². The second kappa shape index (κ2) is 20.1. The quantitative estimate of drug-likeness (QED) is 0.0699. The first-order valence-corrected chi connectivity index (χ1v) is 19.9. The van der Waals surface area contributed by atoms with Crippen LogP contribution in [0.1, 0.15) is 99.0 Å². The number of phenolic OH excluding ortho intramolecular Hbond substituents is 1. The number of rotatable bonds is 16. The maximum atomic E-state index is 13.6. The maximum Gasteiger partial charge on any atom is 0.302 e. The van der Waals surface area contributed by atoms with Crippen LogP contribution in [0.15, 0.2) is 52.8 Å². The Hall–Kier alpha value is -5.94. The first kappa shape index (κ1) is 47.7. The van der Waals surface area contributed by atoms with Crippen LogP contribution in [0.5, 0.6) is 11.5 Å². The van der Waals surface area contributed by atoms with Crippen LogP contribution in [0.2, 0.25) is 0 Å². The van der Waals surface area contributed by atoms with Crippen molar-refractivity contribution in [2.45, 2.75) is 93.3 Å². The summed E-state index contributed by atoms with van der Waals surface area (Å²) in [7, 11) is 0. The van der Waals surface area contributed by atoms with Crippen molar-refractivity contribution in [2.75, 3.05) is 26.3 Å². The van der Waals surface area contributed by atoms with Crippen LogP contribution >= 0.6 is 0 Å². The lowest BCUT2D eigenvalue weighted by molar-refractivity contribution is -0.172. The van der Waals surface area contributed by atoms with Crippen LogP contribution in [0.4, 0.5) is 0 Å². The average molecular weight is 850 g/mol. The molecule has 1 saturated heterocycles. The molecule has 1 aromatic carbocycles. The van der Waals surface area contributed by atoms with Crippen molar-refractivity contribution >= 4 is 47.4 Å². The number of allylic oxidation sites excluding steroid dienone is 5. The molecule has 4 rings (SSSR count). The highest BCUT2D eigenvalue weighted by Crippen LogP contribution is 2.46. The molecule has 2 heterocycles. The number of aromatic hydroxyl groups is 1. The number of amides is 1. The minimum Gasteiger partial charge on any atom is -0.507 e. The molecular formula is C44H55N3O14. The number of morpholine rings is 1. The topological polar surface area (TPSA) is 234 Å². The van der Waals surface area contributed by atoms with Crippen LogP contribution in [0, 0.1) is 30.6 Å². The lowest BCUT2D eigenvalue weighted by Crippen LogP contribution is -2.47. The van der Waals surface area contributed by atoms with E-state index in [-0.39, 0.29) is 28.4 Å². The lowest BCUT2D eigenvalue weighted by atomic mass is 9.79. The van der Waals surface area contributed by atoms with E-state index in [4.69, 9.17) is 23.7 Å². The molecule has 3 N–H and O–H groups in total. The van der Waals surface area contributed by atoms with Crippen molar-refractivity contribution < 1.29 is 67.5 Å².